The predicted molar refractivity (Wildman–Crippen MR) is 58.8 cm³/mol. The Kier molecular flexibility index (Phi) is 3.82. The van der Waals surface area contributed by atoms with E-state index in [9.17, 15) is 13.6 Å². The van der Waals surface area contributed by atoms with Gasteiger partial charge in [-0.15, -0.1) is 0 Å². The Morgan fingerprint density at radius 2 is 2.06 bits per heavy atom. The number of carbonyl (C=O) groups excluding carboxylic acids is 1. The maximum absolute atomic E-state index is 12.4. The van der Waals surface area contributed by atoms with Gasteiger partial charge in [-0.3, -0.25) is 4.79 Å². The summed E-state index contributed by atoms with van der Waals surface area (Å²) in [5.74, 6) is -0.564. The second-order valence-corrected chi connectivity index (χ2v) is 3.61. The number of nitrogens with one attached hydrogen (secondary N) is 1. The standard InChI is InChI=1S/C11H14F2N2O/c1-6-8(11(14)16)4-3-5-9(6)15-7(2)10(12)13/h3-5,7,10,15H,1-2H3,(H2,14,16). The topological polar surface area (TPSA) is 55.1 Å². The first-order valence-electron chi connectivity index (χ1n) is 4.87. The molecule has 0 heterocycles. The van der Waals surface area contributed by atoms with E-state index in [0.29, 0.717) is 16.8 Å². The summed E-state index contributed by atoms with van der Waals surface area (Å²) < 4.78 is 24.7. The van der Waals surface area contributed by atoms with Gasteiger partial charge in [-0.1, -0.05) is 6.07 Å². The SMILES string of the molecule is Cc1c(NC(C)C(F)F)cccc1C(N)=O. The lowest BCUT2D eigenvalue weighted by Crippen LogP contribution is -2.24. The third-order valence-corrected chi connectivity index (χ3v) is 2.36. The summed E-state index contributed by atoms with van der Waals surface area (Å²) in [6, 6.07) is 3.84. The number of benzene rings is 1. The Balaban J connectivity index is 2.98. The lowest BCUT2D eigenvalue weighted by Gasteiger charge is -2.17. The molecule has 16 heavy (non-hydrogen) atoms. The van der Waals surface area contributed by atoms with Crippen LogP contribution in [0.5, 0.6) is 0 Å². The van der Waals surface area contributed by atoms with Crippen LogP contribution in [0.25, 0.3) is 0 Å². The predicted octanol–water partition coefficient (Wildman–Crippen LogP) is 2.16. The van der Waals surface area contributed by atoms with Crippen LogP contribution in [0.2, 0.25) is 0 Å². The van der Waals surface area contributed by atoms with Crippen LogP contribution in [0.1, 0.15) is 22.8 Å². The van der Waals surface area contributed by atoms with Crippen LogP contribution >= 0.6 is 0 Å². The summed E-state index contributed by atoms with van der Waals surface area (Å²) >= 11 is 0. The molecule has 0 aromatic heterocycles. The fraction of sp³-hybridized carbons (Fsp3) is 0.364. The molecule has 0 spiro atoms. The maximum Gasteiger partial charge on any atom is 0.258 e. The van der Waals surface area contributed by atoms with E-state index in [1.54, 1.807) is 25.1 Å². The minimum Gasteiger partial charge on any atom is -0.377 e. The van der Waals surface area contributed by atoms with Gasteiger partial charge in [0.05, 0.1) is 6.04 Å². The smallest absolute Gasteiger partial charge is 0.258 e. The van der Waals surface area contributed by atoms with Crippen LogP contribution in [0, 0.1) is 6.92 Å². The lowest BCUT2D eigenvalue weighted by atomic mass is 10.1. The van der Waals surface area contributed by atoms with E-state index in [1.165, 1.54) is 6.92 Å². The highest BCUT2D eigenvalue weighted by Gasteiger charge is 2.16. The van der Waals surface area contributed by atoms with Gasteiger partial charge in [0.2, 0.25) is 5.91 Å². The van der Waals surface area contributed by atoms with E-state index < -0.39 is 18.4 Å². The first-order chi connectivity index (χ1) is 7.43. The monoisotopic (exact) mass is 228 g/mol. The van der Waals surface area contributed by atoms with Gasteiger partial charge in [-0.05, 0) is 31.5 Å². The van der Waals surface area contributed by atoms with Crippen molar-refractivity contribution in [1.82, 2.24) is 0 Å². The second kappa shape index (κ2) is 4.92. The third-order valence-electron chi connectivity index (χ3n) is 2.36. The molecular formula is C11H14F2N2O. The Morgan fingerprint density at radius 1 is 1.44 bits per heavy atom. The number of carbonyl (C=O) groups is 1. The number of hydrogen-bond acceptors (Lipinski definition) is 2. The summed E-state index contributed by atoms with van der Waals surface area (Å²) in [7, 11) is 0. The van der Waals surface area contributed by atoms with Crippen LogP contribution in [-0.2, 0) is 0 Å². The first-order valence-corrected chi connectivity index (χ1v) is 4.87. The number of rotatable bonds is 4. The largest absolute Gasteiger partial charge is 0.377 e. The molecule has 0 saturated heterocycles. The number of anilines is 1. The van der Waals surface area contributed by atoms with Crippen molar-refractivity contribution in [1.29, 1.82) is 0 Å². The van der Waals surface area contributed by atoms with Crippen LogP contribution in [0.15, 0.2) is 18.2 Å². The van der Waals surface area contributed by atoms with Crippen LogP contribution < -0.4 is 11.1 Å². The number of hydrogen-bond donors (Lipinski definition) is 2. The molecule has 0 fully saturated rings. The van der Waals surface area contributed by atoms with Gasteiger partial charge in [0.25, 0.3) is 6.43 Å². The molecule has 1 rings (SSSR count). The van der Waals surface area contributed by atoms with E-state index in [2.05, 4.69) is 5.32 Å². The lowest BCUT2D eigenvalue weighted by molar-refractivity contribution is 0.1000. The van der Waals surface area contributed by atoms with Crippen molar-refractivity contribution in [3.63, 3.8) is 0 Å². The molecule has 0 aliphatic heterocycles. The molecule has 88 valence electrons. The molecule has 3 N–H and O–H groups in total. The minimum atomic E-state index is -2.46. The van der Waals surface area contributed by atoms with Crippen LogP contribution in [0.4, 0.5) is 14.5 Å². The number of primary amides is 1. The van der Waals surface area contributed by atoms with Gasteiger partial charge in [-0.25, -0.2) is 8.78 Å². The van der Waals surface area contributed by atoms with Crippen molar-refractivity contribution in [3.05, 3.63) is 29.3 Å². The first kappa shape index (κ1) is 12.4. The molecule has 0 aliphatic carbocycles. The fourth-order valence-electron chi connectivity index (χ4n) is 1.37. The van der Waals surface area contributed by atoms with E-state index in [-0.39, 0.29) is 0 Å². The van der Waals surface area contributed by atoms with Gasteiger partial charge in [-0.2, -0.15) is 0 Å². The van der Waals surface area contributed by atoms with Crippen molar-refractivity contribution in [2.45, 2.75) is 26.3 Å². The Hall–Kier alpha value is -1.65. The van der Waals surface area contributed by atoms with Crippen LogP contribution in [0.3, 0.4) is 0 Å². The van der Waals surface area contributed by atoms with E-state index in [1.807, 2.05) is 0 Å². The third kappa shape index (κ3) is 2.68. The van der Waals surface area contributed by atoms with E-state index >= 15 is 0 Å². The van der Waals surface area contributed by atoms with Crippen molar-refractivity contribution < 1.29 is 13.6 Å². The molecule has 0 aliphatic rings. The van der Waals surface area contributed by atoms with Crippen molar-refractivity contribution in [2.24, 2.45) is 5.73 Å². The molecule has 1 aromatic rings. The minimum absolute atomic E-state index is 0.339. The molecule has 0 bridgehead atoms. The van der Waals surface area contributed by atoms with Crippen molar-refractivity contribution in [3.8, 4) is 0 Å². The summed E-state index contributed by atoms with van der Waals surface area (Å²) in [5, 5.41) is 2.65. The molecule has 1 atom stereocenters. The maximum atomic E-state index is 12.4. The van der Waals surface area contributed by atoms with Gasteiger partial charge in [0, 0.05) is 11.3 Å². The summed E-state index contributed by atoms with van der Waals surface area (Å²) in [4.78, 5) is 11.0. The zero-order valence-electron chi connectivity index (χ0n) is 9.13. The zero-order valence-corrected chi connectivity index (χ0v) is 9.13. The van der Waals surface area contributed by atoms with Crippen LogP contribution in [-0.4, -0.2) is 18.4 Å². The molecule has 1 amide bonds. The van der Waals surface area contributed by atoms with Gasteiger partial charge in [0.15, 0.2) is 0 Å². The summed E-state index contributed by atoms with van der Waals surface area (Å²) in [6.07, 6.45) is -2.46. The average Bonchev–Trinajstić information content (AvgIpc) is 2.20. The normalized spacial score (nSPS) is 12.6. The molecule has 0 radical (unpaired) electrons. The zero-order chi connectivity index (χ0) is 12.3. The average molecular weight is 228 g/mol. The second-order valence-electron chi connectivity index (χ2n) is 3.61. The number of alkyl halides is 2. The van der Waals surface area contributed by atoms with Crippen molar-refractivity contribution in [2.75, 3.05) is 5.32 Å². The summed E-state index contributed by atoms with van der Waals surface area (Å²) in [6.45, 7) is 3.04. The Bertz CT molecular complexity index is 394. The number of amides is 1. The molecule has 3 nitrogen and oxygen atoms in total. The molecule has 1 unspecified atom stereocenters. The Morgan fingerprint density at radius 3 is 2.56 bits per heavy atom. The highest BCUT2D eigenvalue weighted by atomic mass is 19.3. The molecule has 0 saturated carbocycles. The number of nitrogens with two attached hydrogens (primary N) is 1. The Labute approximate surface area is 92.6 Å². The molecule has 1 aromatic carbocycles. The van der Waals surface area contributed by atoms with Gasteiger partial charge in [0.1, 0.15) is 0 Å². The van der Waals surface area contributed by atoms with Crippen molar-refractivity contribution >= 4 is 11.6 Å². The highest BCUT2D eigenvalue weighted by Crippen LogP contribution is 2.20. The van der Waals surface area contributed by atoms with Gasteiger partial charge < -0.3 is 11.1 Å². The van der Waals surface area contributed by atoms with Gasteiger partial charge >= 0.3 is 0 Å². The molecule has 5 heteroatoms. The summed E-state index contributed by atoms with van der Waals surface area (Å²) in [5.41, 5.74) is 6.59. The quantitative estimate of drug-likeness (QED) is 0.829. The van der Waals surface area contributed by atoms with E-state index in [4.69, 9.17) is 5.73 Å². The molecular weight excluding hydrogens is 214 g/mol. The number of halogens is 2. The highest BCUT2D eigenvalue weighted by molar-refractivity contribution is 5.95. The van der Waals surface area contributed by atoms with E-state index in [0.717, 1.165) is 0 Å². The fourth-order valence-corrected chi connectivity index (χ4v) is 1.37.